The minimum Gasteiger partial charge on any atom is -0.465 e. The molecule has 1 fully saturated rings. The lowest BCUT2D eigenvalue weighted by Crippen LogP contribution is -2.39. The highest BCUT2D eigenvalue weighted by Gasteiger charge is 2.34. The zero-order chi connectivity index (χ0) is 15.6. The molecule has 2 rings (SSSR count). The molecule has 1 aromatic carbocycles. The number of nitrogens with one attached hydrogen (secondary N) is 1. The summed E-state index contributed by atoms with van der Waals surface area (Å²) in [5.74, 6) is -1.93. The van der Waals surface area contributed by atoms with Crippen LogP contribution in [0.25, 0.3) is 0 Å². The number of sulfonamides is 1. The van der Waals surface area contributed by atoms with Crippen molar-refractivity contribution in [2.24, 2.45) is 0 Å². The van der Waals surface area contributed by atoms with Crippen molar-refractivity contribution in [1.82, 2.24) is 9.62 Å². The van der Waals surface area contributed by atoms with Crippen LogP contribution in [-0.4, -0.2) is 52.0 Å². The van der Waals surface area contributed by atoms with Crippen LogP contribution in [0.5, 0.6) is 0 Å². The van der Waals surface area contributed by atoms with Gasteiger partial charge in [0.05, 0.1) is 12.0 Å². The zero-order valence-electron chi connectivity index (χ0n) is 12.2. The van der Waals surface area contributed by atoms with Gasteiger partial charge in [-0.2, -0.15) is 4.31 Å². The maximum absolute atomic E-state index is 13.9. The lowest BCUT2D eigenvalue weighted by atomic mass is 10.2. The molecule has 1 N–H and O–H groups in total. The van der Waals surface area contributed by atoms with Gasteiger partial charge in [0.15, 0.2) is 0 Å². The van der Waals surface area contributed by atoms with Gasteiger partial charge in [0.25, 0.3) is 0 Å². The first-order valence-corrected chi connectivity index (χ1v) is 7.89. The first-order chi connectivity index (χ1) is 9.89. The third kappa shape index (κ3) is 3.40. The Bertz CT molecular complexity index is 647. The zero-order valence-corrected chi connectivity index (χ0v) is 13.8. The van der Waals surface area contributed by atoms with Gasteiger partial charge in [-0.25, -0.2) is 17.6 Å². The number of nitrogens with zero attached hydrogens (tertiary/aromatic N) is 1. The predicted molar refractivity (Wildman–Crippen MR) is 81.2 cm³/mol. The van der Waals surface area contributed by atoms with Crippen LogP contribution in [0.3, 0.4) is 0 Å². The van der Waals surface area contributed by atoms with Crippen molar-refractivity contribution in [1.29, 1.82) is 0 Å². The van der Waals surface area contributed by atoms with Gasteiger partial charge in [-0.1, -0.05) is 6.07 Å². The number of esters is 1. The van der Waals surface area contributed by atoms with Gasteiger partial charge in [0.2, 0.25) is 10.0 Å². The molecule has 0 spiro atoms. The van der Waals surface area contributed by atoms with Gasteiger partial charge in [-0.05, 0) is 25.1 Å². The van der Waals surface area contributed by atoms with Gasteiger partial charge in [0, 0.05) is 19.6 Å². The normalized spacial score (nSPS) is 18.1. The summed E-state index contributed by atoms with van der Waals surface area (Å²) in [6.45, 7) is 1.25. The lowest BCUT2D eigenvalue weighted by molar-refractivity contribution is 0.0590. The maximum atomic E-state index is 13.9. The van der Waals surface area contributed by atoms with Crippen molar-refractivity contribution >= 4 is 28.4 Å². The molecule has 1 heterocycles. The molecule has 6 nitrogen and oxygen atoms in total. The Kier molecular flexibility index (Phi) is 6.30. The molecule has 9 heteroatoms. The second kappa shape index (κ2) is 7.36. The summed E-state index contributed by atoms with van der Waals surface area (Å²) in [7, 11) is -1.47. The first-order valence-electron chi connectivity index (χ1n) is 6.45. The summed E-state index contributed by atoms with van der Waals surface area (Å²) >= 11 is 0. The molecule has 1 unspecified atom stereocenters. The predicted octanol–water partition coefficient (Wildman–Crippen LogP) is 1.02. The monoisotopic (exact) mass is 352 g/mol. The molecule has 0 radical (unpaired) electrons. The molecule has 1 aromatic rings. The number of carbonyl (C=O) groups excluding carboxylic acids is 1. The van der Waals surface area contributed by atoms with E-state index in [4.69, 9.17) is 0 Å². The average molecular weight is 353 g/mol. The molecule has 0 aromatic heterocycles. The lowest BCUT2D eigenvalue weighted by Gasteiger charge is -2.24. The van der Waals surface area contributed by atoms with Crippen molar-refractivity contribution in [2.45, 2.75) is 17.4 Å². The van der Waals surface area contributed by atoms with Gasteiger partial charge >= 0.3 is 5.97 Å². The highest BCUT2D eigenvalue weighted by Crippen LogP contribution is 2.25. The largest absolute Gasteiger partial charge is 0.465 e. The van der Waals surface area contributed by atoms with Crippen molar-refractivity contribution < 1.29 is 22.3 Å². The highest BCUT2D eigenvalue weighted by atomic mass is 35.5. The topological polar surface area (TPSA) is 75.7 Å². The average Bonchev–Trinajstić information content (AvgIpc) is 2.99. The maximum Gasteiger partial charge on any atom is 0.342 e. The van der Waals surface area contributed by atoms with Gasteiger partial charge in [0.1, 0.15) is 11.4 Å². The Labute approximate surface area is 135 Å². The number of likely N-dealkylation sites (N-methyl/N-ethyl adjacent to an activating group) is 1. The Balaban J connectivity index is 0.00000242. The van der Waals surface area contributed by atoms with E-state index in [1.165, 1.54) is 23.5 Å². The molecular weight excluding hydrogens is 335 g/mol. The van der Waals surface area contributed by atoms with Crippen LogP contribution < -0.4 is 5.32 Å². The second-order valence-corrected chi connectivity index (χ2v) is 6.74. The molecule has 0 aliphatic carbocycles. The van der Waals surface area contributed by atoms with Crippen LogP contribution in [0.4, 0.5) is 4.39 Å². The summed E-state index contributed by atoms with van der Waals surface area (Å²) in [6, 6.07) is 3.28. The standard InChI is InChI=1S/C13H17FN2O4S.ClH/c1-16(9-6-7-15-8-9)21(18,19)11-5-3-4-10(14)12(11)13(17)20-2;/h3-5,9,15H,6-8H2,1-2H3;1H. The fourth-order valence-electron chi connectivity index (χ4n) is 2.32. The summed E-state index contributed by atoms with van der Waals surface area (Å²) in [5, 5.41) is 3.06. The molecule has 1 aliphatic heterocycles. The molecule has 0 amide bonds. The number of carbonyl (C=O) groups is 1. The number of benzene rings is 1. The SMILES string of the molecule is COC(=O)c1c(F)cccc1S(=O)(=O)N(C)C1CCNC1.Cl. The van der Waals surface area contributed by atoms with E-state index < -0.39 is 27.4 Å². The summed E-state index contributed by atoms with van der Waals surface area (Å²) in [6.07, 6.45) is 0.665. The van der Waals surface area contributed by atoms with Gasteiger partial charge in [-0.3, -0.25) is 0 Å². The van der Waals surface area contributed by atoms with Crippen LogP contribution in [0.2, 0.25) is 0 Å². The number of methoxy groups -OCH3 is 1. The fourth-order valence-corrected chi connectivity index (χ4v) is 3.89. The number of hydrogen-bond acceptors (Lipinski definition) is 5. The van der Waals surface area contributed by atoms with Crippen LogP contribution in [0.15, 0.2) is 23.1 Å². The van der Waals surface area contributed by atoms with E-state index in [-0.39, 0.29) is 23.3 Å². The van der Waals surface area contributed by atoms with Crippen LogP contribution in [-0.2, 0) is 14.8 Å². The summed E-state index contributed by atoms with van der Waals surface area (Å²) in [5.41, 5.74) is -0.558. The summed E-state index contributed by atoms with van der Waals surface area (Å²) in [4.78, 5) is 11.3. The van der Waals surface area contributed by atoms with Gasteiger partial charge in [-0.15, -0.1) is 12.4 Å². The van der Waals surface area contributed by atoms with Crippen molar-refractivity contribution in [3.63, 3.8) is 0 Å². The third-order valence-electron chi connectivity index (χ3n) is 3.57. The number of halogens is 2. The minimum absolute atomic E-state index is 0. The Morgan fingerprint density at radius 3 is 2.68 bits per heavy atom. The quantitative estimate of drug-likeness (QED) is 0.819. The molecule has 124 valence electrons. The van der Waals surface area contributed by atoms with E-state index in [1.54, 1.807) is 0 Å². The van der Waals surface area contributed by atoms with Crippen molar-refractivity contribution in [3.8, 4) is 0 Å². The Hall–Kier alpha value is -1.22. The molecule has 0 bridgehead atoms. The van der Waals surface area contributed by atoms with E-state index in [2.05, 4.69) is 10.1 Å². The van der Waals surface area contributed by atoms with Crippen LogP contribution in [0, 0.1) is 5.82 Å². The number of hydrogen-bond donors (Lipinski definition) is 1. The van der Waals surface area contributed by atoms with Crippen molar-refractivity contribution in [3.05, 3.63) is 29.6 Å². The highest BCUT2D eigenvalue weighted by molar-refractivity contribution is 7.89. The van der Waals surface area contributed by atoms with Crippen molar-refractivity contribution in [2.75, 3.05) is 27.2 Å². The summed E-state index contributed by atoms with van der Waals surface area (Å²) < 4.78 is 44.8. The molecule has 22 heavy (non-hydrogen) atoms. The Morgan fingerprint density at radius 2 is 2.14 bits per heavy atom. The fraction of sp³-hybridized carbons (Fsp3) is 0.462. The van der Waals surface area contributed by atoms with E-state index in [1.807, 2.05) is 0 Å². The molecular formula is C13H18ClFN2O4S. The van der Waals surface area contributed by atoms with Crippen LogP contribution in [0.1, 0.15) is 16.8 Å². The van der Waals surface area contributed by atoms with Gasteiger partial charge < -0.3 is 10.1 Å². The number of ether oxygens (including phenoxy) is 1. The third-order valence-corrected chi connectivity index (χ3v) is 5.52. The van der Waals surface area contributed by atoms with E-state index >= 15 is 0 Å². The molecule has 1 saturated heterocycles. The smallest absolute Gasteiger partial charge is 0.342 e. The minimum atomic E-state index is -3.98. The van der Waals surface area contributed by atoms with E-state index in [0.29, 0.717) is 13.0 Å². The first kappa shape index (κ1) is 18.8. The van der Waals surface area contributed by atoms with Crippen LogP contribution >= 0.6 is 12.4 Å². The number of rotatable bonds is 4. The Morgan fingerprint density at radius 1 is 1.45 bits per heavy atom. The molecule has 0 saturated carbocycles. The van der Waals surface area contributed by atoms with E-state index in [0.717, 1.165) is 19.7 Å². The molecule has 1 aliphatic rings. The molecule has 1 atom stereocenters. The second-order valence-electron chi connectivity index (χ2n) is 4.77. The van der Waals surface area contributed by atoms with E-state index in [9.17, 15) is 17.6 Å².